The Kier molecular flexibility index (Phi) is 6.86. The summed E-state index contributed by atoms with van der Waals surface area (Å²) in [5, 5.41) is 11.4. The average molecular weight is 395 g/mol. The molecule has 0 radical (unpaired) electrons. The Morgan fingerprint density at radius 3 is 2.83 bits per heavy atom. The zero-order valence-electron chi connectivity index (χ0n) is 12.9. The predicted molar refractivity (Wildman–Crippen MR) is 99.0 cm³/mol. The van der Waals surface area contributed by atoms with Crippen LogP contribution >= 0.6 is 27.3 Å². The van der Waals surface area contributed by atoms with Gasteiger partial charge in [-0.1, -0.05) is 41.8 Å². The van der Waals surface area contributed by atoms with E-state index in [4.69, 9.17) is 4.74 Å². The molecule has 0 aliphatic rings. The molecule has 1 heterocycles. The van der Waals surface area contributed by atoms with Crippen molar-refractivity contribution in [2.45, 2.75) is 26.2 Å². The molecule has 0 aliphatic carbocycles. The Balaban J connectivity index is 2.30. The number of thiophene rings is 1. The van der Waals surface area contributed by atoms with E-state index in [1.54, 1.807) is 6.08 Å². The van der Waals surface area contributed by atoms with Crippen LogP contribution in [-0.4, -0.2) is 17.7 Å². The Morgan fingerprint density at radius 2 is 2.17 bits per heavy atom. The van der Waals surface area contributed by atoms with Gasteiger partial charge in [0.25, 0.3) is 0 Å². The third-order valence-electron chi connectivity index (χ3n) is 3.29. The number of hydrogen-bond acceptors (Lipinski definition) is 3. The van der Waals surface area contributed by atoms with Gasteiger partial charge in [0.15, 0.2) is 0 Å². The highest BCUT2D eigenvalue weighted by molar-refractivity contribution is 9.10. The molecule has 0 bridgehead atoms. The van der Waals surface area contributed by atoms with Gasteiger partial charge in [-0.05, 0) is 42.1 Å². The second-order valence-corrected chi connectivity index (χ2v) is 6.94. The summed E-state index contributed by atoms with van der Waals surface area (Å²) in [6, 6.07) is 9.31. The van der Waals surface area contributed by atoms with Crippen LogP contribution in [0.1, 0.15) is 36.6 Å². The summed E-state index contributed by atoms with van der Waals surface area (Å²) in [5.74, 6) is -0.232. The van der Waals surface area contributed by atoms with Gasteiger partial charge in [0.2, 0.25) is 0 Å². The van der Waals surface area contributed by atoms with Crippen LogP contribution in [0.15, 0.2) is 40.2 Å². The molecule has 0 spiro atoms. The fourth-order valence-corrected chi connectivity index (χ4v) is 3.24. The topological polar surface area (TPSA) is 46.5 Å². The van der Waals surface area contributed by atoms with Gasteiger partial charge in [0, 0.05) is 14.9 Å². The van der Waals surface area contributed by atoms with Crippen LogP contribution in [-0.2, 0) is 4.79 Å². The van der Waals surface area contributed by atoms with E-state index in [0.29, 0.717) is 12.4 Å². The molecule has 0 aliphatic heterocycles. The van der Waals surface area contributed by atoms with Crippen molar-refractivity contribution in [3.05, 3.63) is 50.6 Å². The van der Waals surface area contributed by atoms with Crippen LogP contribution in [0.5, 0.6) is 5.75 Å². The van der Waals surface area contributed by atoms with Gasteiger partial charge in [0.1, 0.15) is 5.75 Å². The van der Waals surface area contributed by atoms with Crippen molar-refractivity contribution in [3.63, 3.8) is 0 Å². The normalized spacial score (nSPS) is 11.5. The summed E-state index contributed by atoms with van der Waals surface area (Å²) in [7, 11) is 0. The third kappa shape index (κ3) is 5.22. The van der Waals surface area contributed by atoms with Gasteiger partial charge in [0.05, 0.1) is 12.2 Å². The minimum absolute atomic E-state index is 0.275. The summed E-state index contributed by atoms with van der Waals surface area (Å²) in [6.45, 7) is 2.78. The second kappa shape index (κ2) is 8.89. The number of carboxylic acid groups (broad SMARTS) is 1. The summed E-state index contributed by atoms with van der Waals surface area (Å²) < 4.78 is 6.73. The fraction of sp³-hybridized carbons (Fsp3) is 0.278. The largest absolute Gasteiger partial charge is 0.493 e. The van der Waals surface area contributed by atoms with Crippen molar-refractivity contribution in [1.29, 1.82) is 0 Å². The first-order chi connectivity index (χ1) is 11.1. The van der Waals surface area contributed by atoms with Gasteiger partial charge in [-0.2, -0.15) is 0 Å². The summed E-state index contributed by atoms with van der Waals surface area (Å²) in [5.41, 5.74) is 1.04. The molecule has 0 amide bonds. The number of aliphatic carboxylic acids is 1. The fourth-order valence-electron chi connectivity index (χ4n) is 2.12. The maximum absolute atomic E-state index is 11.6. The first-order valence-corrected chi connectivity index (χ1v) is 9.20. The summed E-state index contributed by atoms with van der Waals surface area (Å²) >= 11 is 4.85. The zero-order valence-corrected chi connectivity index (χ0v) is 15.3. The maximum atomic E-state index is 11.6. The lowest BCUT2D eigenvalue weighted by atomic mass is 10.1. The summed E-state index contributed by atoms with van der Waals surface area (Å²) in [4.78, 5) is 12.3. The lowest BCUT2D eigenvalue weighted by molar-refractivity contribution is -0.130. The van der Waals surface area contributed by atoms with Gasteiger partial charge in [-0.25, -0.2) is 4.79 Å². The lowest BCUT2D eigenvalue weighted by Gasteiger charge is -2.10. The van der Waals surface area contributed by atoms with Gasteiger partial charge >= 0.3 is 5.97 Å². The quantitative estimate of drug-likeness (QED) is 0.460. The van der Waals surface area contributed by atoms with E-state index in [-0.39, 0.29) is 5.57 Å². The zero-order chi connectivity index (χ0) is 16.7. The number of benzene rings is 1. The minimum Gasteiger partial charge on any atom is -0.493 e. The number of hydrogen-bond donors (Lipinski definition) is 1. The van der Waals surface area contributed by atoms with Gasteiger partial charge in [-0.15, -0.1) is 11.3 Å². The van der Waals surface area contributed by atoms with E-state index in [0.717, 1.165) is 34.2 Å². The smallest absolute Gasteiger partial charge is 0.337 e. The molecule has 23 heavy (non-hydrogen) atoms. The van der Waals surface area contributed by atoms with Crippen LogP contribution < -0.4 is 4.74 Å². The summed E-state index contributed by atoms with van der Waals surface area (Å²) in [6.07, 6.45) is 4.93. The van der Waals surface area contributed by atoms with E-state index in [2.05, 4.69) is 22.9 Å². The van der Waals surface area contributed by atoms with Crippen LogP contribution in [0, 0.1) is 0 Å². The molecule has 1 aromatic carbocycles. The molecule has 122 valence electrons. The van der Waals surface area contributed by atoms with Crippen molar-refractivity contribution >= 4 is 44.9 Å². The van der Waals surface area contributed by atoms with Crippen LogP contribution in [0.3, 0.4) is 0 Å². The molecule has 2 rings (SSSR count). The highest BCUT2D eigenvalue weighted by Gasteiger charge is 2.13. The van der Waals surface area contributed by atoms with Gasteiger partial charge < -0.3 is 9.84 Å². The van der Waals surface area contributed by atoms with E-state index in [9.17, 15) is 9.90 Å². The van der Waals surface area contributed by atoms with Gasteiger partial charge in [-0.3, -0.25) is 0 Å². The predicted octanol–water partition coefficient (Wildman–Crippen LogP) is 5.70. The first-order valence-electron chi connectivity index (χ1n) is 7.53. The lowest BCUT2D eigenvalue weighted by Crippen LogP contribution is -2.01. The molecule has 0 fully saturated rings. The molecule has 0 unspecified atom stereocenters. The van der Waals surface area contributed by atoms with Crippen LogP contribution in [0.4, 0.5) is 0 Å². The van der Waals surface area contributed by atoms with E-state index < -0.39 is 5.97 Å². The number of carboxylic acids is 1. The molecular formula is C18H19BrO3S. The van der Waals surface area contributed by atoms with Crippen molar-refractivity contribution < 1.29 is 14.6 Å². The van der Waals surface area contributed by atoms with E-state index in [1.165, 1.54) is 11.3 Å². The van der Waals surface area contributed by atoms with E-state index >= 15 is 0 Å². The highest BCUT2D eigenvalue weighted by atomic mass is 79.9. The Morgan fingerprint density at radius 1 is 1.35 bits per heavy atom. The second-order valence-electron chi connectivity index (χ2n) is 5.08. The van der Waals surface area contributed by atoms with Crippen molar-refractivity contribution in [1.82, 2.24) is 0 Å². The molecule has 2 aromatic rings. The van der Waals surface area contributed by atoms with Crippen molar-refractivity contribution in [3.8, 4) is 5.75 Å². The average Bonchev–Trinajstić information content (AvgIpc) is 3.04. The Labute approximate surface area is 148 Å². The third-order valence-corrected chi connectivity index (χ3v) is 4.69. The van der Waals surface area contributed by atoms with Crippen molar-refractivity contribution in [2.24, 2.45) is 0 Å². The molecule has 1 aromatic heterocycles. The Bertz CT molecular complexity index is 678. The van der Waals surface area contributed by atoms with E-state index in [1.807, 2.05) is 35.7 Å². The SMILES string of the molecule is CCCCCOc1ccc(Br)cc1/C=C(\C(=O)O)c1cccs1. The highest BCUT2D eigenvalue weighted by Crippen LogP contribution is 2.29. The number of rotatable bonds is 8. The van der Waals surface area contributed by atoms with Crippen LogP contribution in [0.25, 0.3) is 11.6 Å². The molecule has 5 heteroatoms. The number of unbranched alkanes of at least 4 members (excludes halogenated alkanes) is 2. The molecule has 3 nitrogen and oxygen atoms in total. The number of carbonyl (C=O) groups is 1. The number of ether oxygens (including phenoxy) is 1. The van der Waals surface area contributed by atoms with Crippen LogP contribution in [0.2, 0.25) is 0 Å². The molecule has 0 saturated heterocycles. The Hall–Kier alpha value is -1.59. The molecule has 0 atom stereocenters. The molecule has 0 saturated carbocycles. The molecular weight excluding hydrogens is 376 g/mol. The van der Waals surface area contributed by atoms with Crippen molar-refractivity contribution in [2.75, 3.05) is 6.61 Å². The standard InChI is InChI=1S/C18H19BrO3S/c1-2-3-4-9-22-16-8-7-14(19)11-13(16)12-15(18(20)21)17-6-5-10-23-17/h5-8,10-12H,2-4,9H2,1H3,(H,20,21)/b15-12-. The number of halogens is 1. The first kappa shape index (κ1) is 17.8. The minimum atomic E-state index is -0.940. The maximum Gasteiger partial charge on any atom is 0.337 e. The molecule has 1 N–H and O–H groups in total. The monoisotopic (exact) mass is 394 g/mol.